The molecule has 0 saturated carbocycles. The summed E-state index contributed by atoms with van der Waals surface area (Å²) in [5, 5.41) is 11.8. The van der Waals surface area contributed by atoms with Crippen LogP contribution in [0.5, 0.6) is 5.75 Å². The fraction of sp³-hybridized carbons (Fsp3) is 0.208. The second-order valence-electron chi connectivity index (χ2n) is 7.69. The molecule has 9 heteroatoms. The zero-order valence-corrected chi connectivity index (χ0v) is 20.7. The molecule has 0 aliphatic rings. The SMILES string of the molecule is Cc1ccc(C)c(OCc2c(C(=O)Nc3nn(Cc4ccccc4Cl)cc3Br)noc2C)c1. The second kappa shape index (κ2) is 9.80. The average Bonchev–Trinajstić information content (AvgIpc) is 3.32. The number of nitrogens with zero attached hydrogens (tertiary/aromatic N) is 3. The number of nitrogens with one attached hydrogen (secondary N) is 1. The van der Waals surface area contributed by atoms with Gasteiger partial charge in [0.1, 0.15) is 18.1 Å². The number of halogens is 2. The average molecular weight is 530 g/mol. The molecule has 4 rings (SSSR count). The number of amides is 1. The maximum atomic E-state index is 13.0. The van der Waals surface area contributed by atoms with E-state index in [-0.39, 0.29) is 12.3 Å². The van der Waals surface area contributed by atoms with E-state index in [1.54, 1.807) is 17.8 Å². The normalized spacial score (nSPS) is 10.9. The topological polar surface area (TPSA) is 82.2 Å². The maximum absolute atomic E-state index is 13.0. The summed E-state index contributed by atoms with van der Waals surface area (Å²) in [6, 6.07) is 13.5. The Hall–Kier alpha value is -3.10. The Bertz CT molecular complexity index is 1320. The van der Waals surface area contributed by atoms with Gasteiger partial charge in [-0.1, -0.05) is 47.1 Å². The van der Waals surface area contributed by atoms with Gasteiger partial charge >= 0.3 is 0 Å². The highest BCUT2D eigenvalue weighted by molar-refractivity contribution is 9.10. The molecule has 2 aromatic heterocycles. The van der Waals surface area contributed by atoms with Gasteiger partial charge in [0.25, 0.3) is 5.91 Å². The third kappa shape index (κ3) is 5.29. The highest BCUT2D eigenvalue weighted by Crippen LogP contribution is 2.25. The molecule has 0 saturated heterocycles. The van der Waals surface area contributed by atoms with Crippen molar-refractivity contribution in [2.75, 3.05) is 5.32 Å². The minimum atomic E-state index is -0.435. The minimum absolute atomic E-state index is 0.157. The van der Waals surface area contributed by atoms with Crippen LogP contribution in [-0.2, 0) is 13.2 Å². The molecule has 0 bridgehead atoms. The van der Waals surface area contributed by atoms with Crippen LogP contribution in [0.4, 0.5) is 5.82 Å². The number of carbonyl (C=O) groups is 1. The lowest BCUT2D eigenvalue weighted by molar-refractivity contribution is 0.101. The number of rotatable bonds is 7. The Balaban J connectivity index is 1.49. The van der Waals surface area contributed by atoms with E-state index in [4.69, 9.17) is 20.9 Å². The number of hydrogen-bond donors (Lipinski definition) is 1. The summed E-state index contributed by atoms with van der Waals surface area (Å²) in [7, 11) is 0. The fourth-order valence-corrected chi connectivity index (χ4v) is 3.89. The first-order valence-corrected chi connectivity index (χ1v) is 11.4. The Morgan fingerprint density at radius 1 is 1.21 bits per heavy atom. The van der Waals surface area contributed by atoms with Crippen LogP contribution in [-0.4, -0.2) is 20.8 Å². The molecule has 0 spiro atoms. The maximum Gasteiger partial charge on any atom is 0.279 e. The van der Waals surface area contributed by atoms with Gasteiger partial charge in [0.05, 0.1) is 16.6 Å². The molecule has 0 aliphatic heterocycles. The van der Waals surface area contributed by atoms with E-state index in [1.165, 1.54) is 0 Å². The van der Waals surface area contributed by atoms with Crippen molar-refractivity contribution >= 4 is 39.3 Å². The molecule has 170 valence electrons. The first kappa shape index (κ1) is 23.1. The van der Waals surface area contributed by atoms with E-state index < -0.39 is 5.91 Å². The van der Waals surface area contributed by atoms with Crippen molar-refractivity contribution in [3.8, 4) is 5.75 Å². The van der Waals surface area contributed by atoms with Crippen molar-refractivity contribution in [2.24, 2.45) is 0 Å². The predicted octanol–water partition coefficient (Wildman–Crippen LogP) is 6.09. The first-order valence-electron chi connectivity index (χ1n) is 10.2. The van der Waals surface area contributed by atoms with Gasteiger partial charge in [0, 0.05) is 11.2 Å². The van der Waals surface area contributed by atoms with Gasteiger partial charge in [0.15, 0.2) is 11.5 Å². The predicted molar refractivity (Wildman–Crippen MR) is 130 cm³/mol. The van der Waals surface area contributed by atoms with Crippen molar-refractivity contribution in [3.63, 3.8) is 0 Å². The Labute approximate surface area is 204 Å². The summed E-state index contributed by atoms with van der Waals surface area (Å²) in [6.07, 6.45) is 1.78. The zero-order chi connectivity index (χ0) is 23.5. The summed E-state index contributed by atoms with van der Waals surface area (Å²) < 4.78 is 13.6. The summed E-state index contributed by atoms with van der Waals surface area (Å²) >= 11 is 9.69. The van der Waals surface area contributed by atoms with Crippen molar-refractivity contribution in [1.29, 1.82) is 0 Å². The first-order chi connectivity index (χ1) is 15.8. The standard InChI is InChI=1S/C24H22BrClN4O3/c1-14-8-9-15(2)21(10-14)32-13-18-16(3)33-29-22(18)24(31)27-23-19(25)12-30(28-23)11-17-6-4-5-7-20(17)26/h4-10,12H,11,13H2,1-3H3,(H,27,28,31). The third-order valence-corrected chi connectivity index (χ3v) is 6.10. The molecule has 33 heavy (non-hydrogen) atoms. The molecular formula is C24H22BrClN4O3. The van der Waals surface area contributed by atoms with Gasteiger partial charge in [0.2, 0.25) is 0 Å². The smallest absolute Gasteiger partial charge is 0.279 e. The van der Waals surface area contributed by atoms with Crippen molar-refractivity contribution in [3.05, 3.63) is 91.9 Å². The number of aromatic nitrogens is 3. The second-order valence-corrected chi connectivity index (χ2v) is 8.95. The van der Waals surface area contributed by atoms with Crippen LogP contribution in [0.1, 0.15) is 38.5 Å². The Morgan fingerprint density at radius 3 is 2.79 bits per heavy atom. The zero-order valence-electron chi connectivity index (χ0n) is 18.4. The molecule has 0 aliphatic carbocycles. The van der Waals surface area contributed by atoms with Gasteiger partial charge in [-0.05, 0) is 65.5 Å². The summed E-state index contributed by atoms with van der Waals surface area (Å²) in [5.41, 5.74) is 3.76. The molecule has 1 N–H and O–H groups in total. The van der Waals surface area contributed by atoms with E-state index in [2.05, 4.69) is 31.5 Å². The molecule has 0 radical (unpaired) electrons. The highest BCUT2D eigenvalue weighted by atomic mass is 79.9. The molecule has 7 nitrogen and oxygen atoms in total. The molecule has 4 aromatic rings. The van der Waals surface area contributed by atoms with Crippen LogP contribution in [0.3, 0.4) is 0 Å². The molecule has 0 fully saturated rings. The summed E-state index contributed by atoms with van der Waals surface area (Å²) in [5.74, 6) is 1.21. The van der Waals surface area contributed by atoms with Crippen molar-refractivity contribution in [1.82, 2.24) is 14.9 Å². The molecular weight excluding hydrogens is 508 g/mol. The van der Waals surface area contributed by atoms with E-state index in [1.807, 2.05) is 56.3 Å². The number of anilines is 1. The van der Waals surface area contributed by atoms with Gasteiger partial charge in [-0.25, -0.2) is 0 Å². The molecule has 2 aromatic carbocycles. The van der Waals surface area contributed by atoms with E-state index in [9.17, 15) is 4.79 Å². The summed E-state index contributed by atoms with van der Waals surface area (Å²) in [6.45, 7) is 6.34. The van der Waals surface area contributed by atoms with E-state index in [0.29, 0.717) is 33.2 Å². The Morgan fingerprint density at radius 2 is 2.00 bits per heavy atom. The monoisotopic (exact) mass is 528 g/mol. The number of carbonyl (C=O) groups excluding carboxylic acids is 1. The van der Waals surface area contributed by atoms with E-state index in [0.717, 1.165) is 22.4 Å². The quantitative estimate of drug-likeness (QED) is 0.313. The number of hydrogen-bond acceptors (Lipinski definition) is 5. The van der Waals surface area contributed by atoms with Crippen LogP contribution >= 0.6 is 27.5 Å². The molecule has 2 heterocycles. The number of benzene rings is 2. The van der Waals surface area contributed by atoms with Crippen LogP contribution in [0.2, 0.25) is 5.02 Å². The minimum Gasteiger partial charge on any atom is -0.488 e. The van der Waals surface area contributed by atoms with Gasteiger partial charge in [-0.3, -0.25) is 9.48 Å². The molecule has 0 atom stereocenters. The van der Waals surface area contributed by atoms with Gasteiger partial charge in [-0.2, -0.15) is 5.10 Å². The van der Waals surface area contributed by atoms with Crippen LogP contribution < -0.4 is 10.1 Å². The number of ether oxygens (including phenoxy) is 1. The molecule has 1 amide bonds. The lowest BCUT2D eigenvalue weighted by Crippen LogP contribution is -2.16. The van der Waals surface area contributed by atoms with Gasteiger partial charge in [-0.15, -0.1) is 0 Å². The van der Waals surface area contributed by atoms with Crippen molar-refractivity contribution < 1.29 is 14.1 Å². The third-order valence-electron chi connectivity index (χ3n) is 5.15. The van der Waals surface area contributed by atoms with E-state index >= 15 is 0 Å². The van der Waals surface area contributed by atoms with Crippen LogP contribution in [0.25, 0.3) is 0 Å². The summed E-state index contributed by atoms with van der Waals surface area (Å²) in [4.78, 5) is 13.0. The largest absolute Gasteiger partial charge is 0.488 e. The molecule has 0 unspecified atom stereocenters. The van der Waals surface area contributed by atoms with Crippen molar-refractivity contribution in [2.45, 2.75) is 33.9 Å². The lowest BCUT2D eigenvalue weighted by Gasteiger charge is -2.10. The number of aryl methyl sites for hydroxylation is 3. The fourth-order valence-electron chi connectivity index (χ4n) is 3.28. The lowest BCUT2D eigenvalue weighted by atomic mass is 10.1. The van der Waals surface area contributed by atoms with Crippen LogP contribution in [0, 0.1) is 20.8 Å². The highest BCUT2D eigenvalue weighted by Gasteiger charge is 2.22. The van der Waals surface area contributed by atoms with Crippen LogP contribution in [0.15, 0.2) is 57.7 Å². The Kier molecular flexibility index (Phi) is 6.85. The van der Waals surface area contributed by atoms with Gasteiger partial charge < -0.3 is 14.6 Å².